The average molecular weight is 352 g/mol. The second-order valence-electron chi connectivity index (χ2n) is 5.27. The molecule has 0 saturated carbocycles. The Labute approximate surface area is 144 Å². The van der Waals surface area contributed by atoms with Crippen LogP contribution in [0.15, 0.2) is 28.8 Å². The molecule has 7 nitrogen and oxygen atoms in total. The molecular formula is C16H18ClN3O4. The summed E-state index contributed by atoms with van der Waals surface area (Å²) in [6.07, 6.45) is 1.38. The first-order valence-electron chi connectivity index (χ1n) is 7.60. The van der Waals surface area contributed by atoms with E-state index in [4.69, 9.17) is 21.2 Å². The molecule has 0 bridgehead atoms. The summed E-state index contributed by atoms with van der Waals surface area (Å²) in [4.78, 5) is 27.1. The van der Waals surface area contributed by atoms with E-state index in [1.165, 1.54) is 0 Å². The molecule has 1 amide bonds. The summed E-state index contributed by atoms with van der Waals surface area (Å²) in [5, 5.41) is 16.0. The van der Waals surface area contributed by atoms with Crippen LogP contribution in [0.3, 0.4) is 0 Å². The van der Waals surface area contributed by atoms with Crippen molar-refractivity contribution in [3.63, 3.8) is 0 Å². The summed E-state index contributed by atoms with van der Waals surface area (Å²) in [5.41, 5.74) is 0.757. The van der Waals surface area contributed by atoms with Crippen LogP contribution in [-0.4, -0.2) is 33.2 Å². The molecule has 128 valence electrons. The van der Waals surface area contributed by atoms with E-state index in [1.807, 2.05) is 6.92 Å². The third kappa shape index (κ3) is 5.06. The Morgan fingerprint density at radius 2 is 2.04 bits per heavy atom. The number of hydrogen-bond donors (Lipinski definition) is 2. The minimum Gasteiger partial charge on any atom is -0.480 e. The zero-order valence-corrected chi connectivity index (χ0v) is 13.9. The van der Waals surface area contributed by atoms with Crippen molar-refractivity contribution in [3.05, 3.63) is 35.2 Å². The number of carbonyl (C=O) groups excluding carboxylic acids is 1. The lowest BCUT2D eigenvalue weighted by Gasteiger charge is -2.12. The maximum absolute atomic E-state index is 11.8. The fourth-order valence-electron chi connectivity index (χ4n) is 2.11. The summed E-state index contributed by atoms with van der Waals surface area (Å²) in [7, 11) is 0. The molecule has 1 atom stereocenters. The fourth-order valence-corrected chi connectivity index (χ4v) is 2.23. The Morgan fingerprint density at radius 3 is 2.67 bits per heavy atom. The van der Waals surface area contributed by atoms with E-state index in [1.54, 1.807) is 24.3 Å². The van der Waals surface area contributed by atoms with Crippen molar-refractivity contribution in [1.82, 2.24) is 15.5 Å². The Morgan fingerprint density at radius 1 is 1.33 bits per heavy atom. The molecule has 2 rings (SSSR count). The lowest BCUT2D eigenvalue weighted by atomic mass is 10.1. The predicted octanol–water partition coefficient (Wildman–Crippen LogP) is 2.69. The number of halogens is 1. The molecule has 2 aromatic rings. The Balaban J connectivity index is 1.89. The second-order valence-corrected chi connectivity index (χ2v) is 5.70. The predicted molar refractivity (Wildman–Crippen MR) is 87.5 cm³/mol. The molecule has 8 heteroatoms. The van der Waals surface area contributed by atoms with Crippen LogP contribution >= 0.6 is 11.6 Å². The van der Waals surface area contributed by atoms with Crippen molar-refractivity contribution < 1.29 is 19.2 Å². The maximum Gasteiger partial charge on any atom is 0.326 e. The van der Waals surface area contributed by atoms with Gasteiger partial charge in [-0.15, -0.1) is 0 Å². The van der Waals surface area contributed by atoms with Crippen LogP contribution in [-0.2, 0) is 16.0 Å². The molecule has 2 N–H and O–H groups in total. The molecule has 0 aliphatic carbocycles. The van der Waals surface area contributed by atoms with Gasteiger partial charge in [0.15, 0.2) is 0 Å². The van der Waals surface area contributed by atoms with Crippen LogP contribution in [0.4, 0.5) is 0 Å². The molecule has 0 aliphatic heterocycles. The molecule has 1 aromatic carbocycles. The Kier molecular flexibility index (Phi) is 6.31. The number of amides is 1. The smallest absolute Gasteiger partial charge is 0.326 e. The van der Waals surface area contributed by atoms with Gasteiger partial charge in [-0.25, -0.2) is 4.79 Å². The molecule has 1 aromatic heterocycles. The van der Waals surface area contributed by atoms with Crippen LogP contribution in [0.25, 0.3) is 11.4 Å². The highest BCUT2D eigenvalue weighted by atomic mass is 35.5. The van der Waals surface area contributed by atoms with E-state index in [-0.39, 0.29) is 18.7 Å². The number of aryl methyl sites for hydroxylation is 1. The molecule has 0 saturated heterocycles. The van der Waals surface area contributed by atoms with Gasteiger partial charge in [0.2, 0.25) is 17.6 Å². The Hall–Kier alpha value is -2.41. The number of benzene rings is 1. The fraction of sp³-hybridized carbons (Fsp3) is 0.375. The third-order valence-electron chi connectivity index (χ3n) is 3.35. The van der Waals surface area contributed by atoms with Crippen molar-refractivity contribution in [2.45, 2.75) is 38.6 Å². The van der Waals surface area contributed by atoms with Crippen LogP contribution in [0.5, 0.6) is 0 Å². The van der Waals surface area contributed by atoms with Crippen LogP contribution in [0.2, 0.25) is 5.02 Å². The number of nitrogens with one attached hydrogen (secondary N) is 1. The largest absolute Gasteiger partial charge is 0.480 e. The molecule has 1 unspecified atom stereocenters. The van der Waals surface area contributed by atoms with Gasteiger partial charge in [-0.1, -0.05) is 30.1 Å². The highest BCUT2D eigenvalue weighted by Gasteiger charge is 2.19. The van der Waals surface area contributed by atoms with Gasteiger partial charge in [0.25, 0.3) is 0 Å². The first kappa shape index (κ1) is 17.9. The van der Waals surface area contributed by atoms with Crippen LogP contribution in [0, 0.1) is 0 Å². The van der Waals surface area contributed by atoms with Gasteiger partial charge in [0, 0.05) is 23.4 Å². The van der Waals surface area contributed by atoms with Crippen molar-refractivity contribution in [2.24, 2.45) is 0 Å². The maximum atomic E-state index is 11.8. The van der Waals surface area contributed by atoms with Gasteiger partial charge in [0.05, 0.1) is 0 Å². The van der Waals surface area contributed by atoms with Crippen molar-refractivity contribution in [3.8, 4) is 11.4 Å². The van der Waals surface area contributed by atoms with Gasteiger partial charge in [-0.3, -0.25) is 4.79 Å². The lowest BCUT2D eigenvalue weighted by molar-refractivity contribution is -0.142. The first-order chi connectivity index (χ1) is 11.5. The number of aliphatic carboxylic acids is 1. The minimum atomic E-state index is -1.03. The monoisotopic (exact) mass is 351 g/mol. The van der Waals surface area contributed by atoms with E-state index in [0.717, 1.165) is 5.56 Å². The number of nitrogens with zero attached hydrogens (tertiary/aromatic N) is 2. The SMILES string of the molecule is CCCC(NC(=O)CCc1nc(-c2ccc(Cl)cc2)no1)C(=O)O. The number of carboxylic acids is 1. The van der Waals surface area contributed by atoms with Crippen LogP contribution < -0.4 is 5.32 Å². The summed E-state index contributed by atoms with van der Waals surface area (Å²) in [6, 6.07) is 6.12. The summed E-state index contributed by atoms with van der Waals surface area (Å²) >= 11 is 5.82. The zero-order valence-electron chi connectivity index (χ0n) is 13.2. The van der Waals surface area contributed by atoms with Gasteiger partial charge >= 0.3 is 5.97 Å². The van der Waals surface area contributed by atoms with Crippen molar-refractivity contribution in [1.29, 1.82) is 0 Å². The summed E-state index contributed by atoms with van der Waals surface area (Å²) in [6.45, 7) is 1.86. The van der Waals surface area contributed by atoms with Crippen LogP contribution in [0.1, 0.15) is 32.1 Å². The Bertz CT molecular complexity index is 700. The quantitative estimate of drug-likeness (QED) is 0.757. The normalized spacial score (nSPS) is 11.9. The number of rotatable bonds is 8. The van der Waals surface area contributed by atoms with Gasteiger partial charge in [-0.05, 0) is 30.7 Å². The molecule has 24 heavy (non-hydrogen) atoms. The van der Waals surface area contributed by atoms with Crippen molar-refractivity contribution in [2.75, 3.05) is 0 Å². The molecule has 0 aliphatic rings. The van der Waals surface area contributed by atoms with Gasteiger partial charge in [-0.2, -0.15) is 4.98 Å². The van der Waals surface area contributed by atoms with Crippen molar-refractivity contribution >= 4 is 23.5 Å². The number of hydrogen-bond acceptors (Lipinski definition) is 5. The summed E-state index contributed by atoms with van der Waals surface area (Å²) < 4.78 is 5.11. The van der Waals surface area contributed by atoms with E-state index < -0.39 is 12.0 Å². The number of carbonyl (C=O) groups is 2. The topological polar surface area (TPSA) is 105 Å². The first-order valence-corrected chi connectivity index (χ1v) is 7.98. The van der Waals surface area contributed by atoms with Gasteiger partial charge in [0.1, 0.15) is 6.04 Å². The molecule has 0 radical (unpaired) electrons. The highest BCUT2D eigenvalue weighted by molar-refractivity contribution is 6.30. The zero-order chi connectivity index (χ0) is 17.5. The molecular weight excluding hydrogens is 334 g/mol. The minimum absolute atomic E-state index is 0.0791. The van der Waals surface area contributed by atoms with E-state index in [0.29, 0.717) is 29.6 Å². The molecule has 1 heterocycles. The lowest BCUT2D eigenvalue weighted by Crippen LogP contribution is -2.40. The molecule has 0 spiro atoms. The number of aromatic nitrogens is 2. The standard InChI is InChI=1S/C16H18ClN3O4/c1-2-3-12(16(22)23)18-13(21)8-9-14-19-15(20-24-14)10-4-6-11(17)7-5-10/h4-7,12H,2-3,8-9H2,1H3,(H,18,21)(H,22,23). The van der Waals surface area contributed by atoms with E-state index in [2.05, 4.69) is 15.5 Å². The average Bonchev–Trinajstić information content (AvgIpc) is 3.02. The molecule has 0 fully saturated rings. The van der Waals surface area contributed by atoms with E-state index >= 15 is 0 Å². The second kappa shape index (κ2) is 8.44. The van der Waals surface area contributed by atoms with Gasteiger partial charge < -0.3 is 14.9 Å². The summed E-state index contributed by atoms with van der Waals surface area (Å²) in [5.74, 6) is -0.663. The third-order valence-corrected chi connectivity index (χ3v) is 3.60. The number of carboxylic acid groups (broad SMARTS) is 1. The highest BCUT2D eigenvalue weighted by Crippen LogP contribution is 2.19. The van der Waals surface area contributed by atoms with E-state index in [9.17, 15) is 9.59 Å².